The molecule has 1 saturated heterocycles. The maximum atomic E-state index is 12.9. The summed E-state index contributed by atoms with van der Waals surface area (Å²) in [7, 11) is 0. The molecule has 4 aromatic rings. The second kappa shape index (κ2) is 11.3. The monoisotopic (exact) mass is 504 g/mol. The van der Waals surface area contributed by atoms with Crippen LogP contribution < -0.4 is 16.0 Å². The highest BCUT2D eigenvalue weighted by Gasteiger charge is 2.14. The van der Waals surface area contributed by atoms with Crippen LogP contribution in [0.2, 0.25) is 0 Å². The van der Waals surface area contributed by atoms with E-state index in [0.717, 1.165) is 55.5 Å². The molecular formula is C26H28N6O3S. The van der Waals surface area contributed by atoms with Gasteiger partial charge in [-0.2, -0.15) is 5.10 Å². The number of hydrogen-bond donors (Lipinski definition) is 4. The molecule has 3 heterocycles. The summed E-state index contributed by atoms with van der Waals surface area (Å²) in [6.45, 7) is 5.76. The third-order valence-electron chi connectivity index (χ3n) is 6.07. The molecule has 9 nitrogen and oxygen atoms in total. The number of amides is 2. The summed E-state index contributed by atoms with van der Waals surface area (Å²) < 4.78 is 5.38. The summed E-state index contributed by atoms with van der Waals surface area (Å²) >= 11 is 1.59. The van der Waals surface area contributed by atoms with Crippen LogP contribution in [-0.4, -0.2) is 66.3 Å². The van der Waals surface area contributed by atoms with Gasteiger partial charge in [-0.25, -0.2) is 0 Å². The Morgan fingerprint density at radius 3 is 2.61 bits per heavy atom. The van der Waals surface area contributed by atoms with Crippen molar-refractivity contribution in [3.63, 3.8) is 0 Å². The molecule has 0 radical (unpaired) electrons. The van der Waals surface area contributed by atoms with E-state index in [0.29, 0.717) is 28.9 Å². The molecule has 1 fully saturated rings. The van der Waals surface area contributed by atoms with Crippen LogP contribution in [0.15, 0.2) is 60.0 Å². The first-order valence-electron chi connectivity index (χ1n) is 11.9. The van der Waals surface area contributed by atoms with E-state index in [9.17, 15) is 9.59 Å². The smallest absolute Gasteiger partial charge is 0.256 e. The molecule has 186 valence electrons. The Labute approximate surface area is 212 Å². The average Bonchev–Trinajstić information content (AvgIpc) is 3.58. The fraction of sp³-hybridized carbons (Fsp3) is 0.269. The van der Waals surface area contributed by atoms with Gasteiger partial charge in [0.25, 0.3) is 11.8 Å². The highest BCUT2D eigenvalue weighted by molar-refractivity contribution is 7.09. The number of nitrogens with one attached hydrogen (secondary N) is 4. The quantitative estimate of drug-likeness (QED) is 0.277. The van der Waals surface area contributed by atoms with Crippen LogP contribution in [-0.2, 0) is 11.3 Å². The van der Waals surface area contributed by atoms with E-state index >= 15 is 0 Å². The van der Waals surface area contributed by atoms with Crippen molar-refractivity contribution >= 4 is 45.6 Å². The van der Waals surface area contributed by atoms with Crippen molar-refractivity contribution in [3.05, 3.63) is 76.0 Å². The Kier molecular flexibility index (Phi) is 7.55. The molecule has 1 aliphatic rings. The van der Waals surface area contributed by atoms with E-state index in [1.54, 1.807) is 41.7 Å². The number of anilines is 2. The fourth-order valence-electron chi connectivity index (χ4n) is 4.04. The van der Waals surface area contributed by atoms with Crippen molar-refractivity contribution < 1.29 is 14.3 Å². The van der Waals surface area contributed by atoms with Gasteiger partial charge in [-0.1, -0.05) is 6.07 Å². The number of carbonyl (C=O) groups is 2. The van der Waals surface area contributed by atoms with Gasteiger partial charge in [-0.05, 0) is 53.9 Å². The molecule has 0 bridgehead atoms. The molecule has 2 amide bonds. The number of rotatable bonds is 9. The summed E-state index contributed by atoms with van der Waals surface area (Å²) in [4.78, 5) is 28.9. The Balaban J connectivity index is 1.18. The predicted octanol–water partition coefficient (Wildman–Crippen LogP) is 3.55. The van der Waals surface area contributed by atoms with Gasteiger partial charge in [0.05, 0.1) is 25.3 Å². The van der Waals surface area contributed by atoms with E-state index in [1.165, 1.54) is 0 Å². The van der Waals surface area contributed by atoms with Gasteiger partial charge in [0.15, 0.2) is 5.82 Å². The number of morpholine rings is 1. The maximum absolute atomic E-state index is 12.9. The normalized spacial score (nSPS) is 14.0. The molecule has 0 spiro atoms. The van der Waals surface area contributed by atoms with Crippen molar-refractivity contribution in [2.75, 3.05) is 50.0 Å². The van der Waals surface area contributed by atoms with Crippen molar-refractivity contribution in [1.82, 2.24) is 20.4 Å². The van der Waals surface area contributed by atoms with Gasteiger partial charge in [0, 0.05) is 53.3 Å². The lowest BCUT2D eigenvalue weighted by atomic mass is 10.1. The average molecular weight is 505 g/mol. The van der Waals surface area contributed by atoms with Gasteiger partial charge >= 0.3 is 0 Å². The molecule has 0 atom stereocenters. The van der Waals surface area contributed by atoms with E-state index in [2.05, 4.69) is 31.0 Å². The lowest BCUT2D eigenvalue weighted by molar-refractivity contribution is 0.0398. The van der Waals surface area contributed by atoms with Gasteiger partial charge in [-0.15, -0.1) is 11.3 Å². The number of ether oxygens (including phenoxy) is 1. The molecule has 0 saturated carbocycles. The molecule has 0 unspecified atom stereocenters. The highest BCUT2D eigenvalue weighted by Crippen LogP contribution is 2.23. The number of nitrogens with zero attached hydrogens (tertiary/aromatic N) is 2. The van der Waals surface area contributed by atoms with Gasteiger partial charge in [-0.3, -0.25) is 19.6 Å². The molecule has 0 aliphatic carbocycles. The first-order chi connectivity index (χ1) is 17.7. The minimum Gasteiger partial charge on any atom is -0.384 e. The topological polar surface area (TPSA) is 111 Å². The summed E-state index contributed by atoms with van der Waals surface area (Å²) in [5.41, 5.74) is 2.72. The van der Waals surface area contributed by atoms with E-state index in [-0.39, 0.29) is 11.8 Å². The van der Waals surface area contributed by atoms with Gasteiger partial charge in [0.1, 0.15) is 0 Å². The number of thiophene rings is 1. The minimum atomic E-state index is -0.268. The molecule has 36 heavy (non-hydrogen) atoms. The number of fused-ring (bicyclic) bond motifs is 1. The van der Waals surface area contributed by atoms with Crippen molar-refractivity contribution in [1.29, 1.82) is 0 Å². The van der Waals surface area contributed by atoms with Crippen LogP contribution >= 0.6 is 11.3 Å². The van der Waals surface area contributed by atoms with Gasteiger partial charge in [0.2, 0.25) is 0 Å². The third-order valence-corrected chi connectivity index (χ3v) is 6.94. The SMILES string of the molecule is O=C(NCc1cccs1)c1ccc2[nH]nc(NC(=O)c3ccc(NCCN4CCOCC4)cc3)c2c1. The standard InChI is InChI=1S/C26H28N6O3S/c33-25(28-17-21-2-1-15-36-21)19-5-8-23-22(16-19)24(31-30-23)29-26(34)18-3-6-20(7-4-18)27-9-10-32-11-13-35-14-12-32/h1-8,15-16,27H,9-14,17H2,(H,28,33)(H2,29,30,31,34). The number of aromatic amines is 1. The highest BCUT2D eigenvalue weighted by atomic mass is 32.1. The van der Waals surface area contributed by atoms with Crippen LogP contribution in [0.3, 0.4) is 0 Å². The summed E-state index contributed by atoms with van der Waals surface area (Å²) in [6, 6.07) is 16.5. The van der Waals surface area contributed by atoms with Crippen LogP contribution in [0, 0.1) is 0 Å². The Bertz CT molecular complexity index is 1310. The number of H-pyrrole nitrogens is 1. The fourth-order valence-corrected chi connectivity index (χ4v) is 4.68. The van der Waals surface area contributed by atoms with E-state index < -0.39 is 0 Å². The lowest BCUT2D eigenvalue weighted by Gasteiger charge is -2.26. The van der Waals surface area contributed by atoms with Gasteiger partial charge < -0.3 is 20.7 Å². The van der Waals surface area contributed by atoms with Crippen LogP contribution in [0.1, 0.15) is 25.6 Å². The third kappa shape index (κ3) is 5.91. The first kappa shape index (κ1) is 24.0. The van der Waals surface area contributed by atoms with Crippen LogP contribution in [0.4, 0.5) is 11.5 Å². The molecule has 1 aliphatic heterocycles. The summed E-state index contributed by atoms with van der Waals surface area (Å²) in [5, 5.41) is 19.0. The number of hydrogen-bond acceptors (Lipinski definition) is 7. The zero-order chi connectivity index (χ0) is 24.7. The Morgan fingerprint density at radius 2 is 1.83 bits per heavy atom. The molecule has 2 aromatic heterocycles. The number of benzene rings is 2. The molecule has 5 rings (SSSR count). The number of aromatic nitrogens is 2. The lowest BCUT2D eigenvalue weighted by Crippen LogP contribution is -2.39. The van der Waals surface area contributed by atoms with Crippen molar-refractivity contribution in [3.8, 4) is 0 Å². The minimum absolute atomic E-state index is 0.180. The second-order valence-corrected chi connectivity index (χ2v) is 9.54. The number of carbonyl (C=O) groups excluding carboxylic acids is 2. The summed E-state index contributed by atoms with van der Waals surface area (Å²) in [5.74, 6) is -0.0630. The Hall–Kier alpha value is -3.73. The first-order valence-corrected chi connectivity index (χ1v) is 12.8. The van der Waals surface area contributed by atoms with Crippen molar-refractivity contribution in [2.24, 2.45) is 0 Å². The van der Waals surface area contributed by atoms with Crippen LogP contribution in [0.25, 0.3) is 10.9 Å². The maximum Gasteiger partial charge on any atom is 0.256 e. The molecular weight excluding hydrogens is 476 g/mol. The zero-order valence-electron chi connectivity index (χ0n) is 19.8. The largest absolute Gasteiger partial charge is 0.384 e. The summed E-state index contributed by atoms with van der Waals surface area (Å²) in [6.07, 6.45) is 0. The predicted molar refractivity (Wildman–Crippen MR) is 142 cm³/mol. The molecule has 2 aromatic carbocycles. The second-order valence-electron chi connectivity index (χ2n) is 8.51. The molecule has 10 heteroatoms. The van der Waals surface area contributed by atoms with Crippen LogP contribution in [0.5, 0.6) is 0 Å². The Morgan fingerprint density at radius 1 is 1.03 bits per heavy atom. The van der Waals surface area contributed by atoms with E-state index in [4.69, 9.17) is 4.74 Å². The van der Waals surface area contributed by atoms with Crippen molar-refractivity contribution in [2.45, 2.75) is 6.54 Å². The molecule has 4 N–H and O–H groups in total. The zero-order valence-corrected chi connectivity index (χ0v) is 20.6. The van der Waals surface area contributed by atoms with E-state index in [1.807, 2.05) is 29.6 Å².